The smallest absolute Gasteiger partial charge is 0.358 e. The number of rotatable bonds is 1. The molecule has 69 heavy (non-hydrogen) atoms. The third-order valence-corrected chi connectivity index (χ3v) is 12.1. The molecule has 7 heteroatoms. The van der Waals surface area contributed by atoms with Crippen molar-refractivity contribution in [3.05, 3.63) is 214 Å². The Morgan fingerprint density at radius 3 is 0.986 bits per heavy atom. The molecule has 0 unspecified atom stereocenters. The largest absolute Gasteiger partial charge is 2.00 e. The molecule has 6 aromatic heterocycles. The van der Waals surface area contributed by atoms with E-state index >= 15 is 0 Å². The number of aryl methyl sites for hydroxylation is 7. The second-order valence-corrected chi connectivity index (χ2v) is 16.6. The summed E-state index contributed by atoms with van der Waals surface area (Å²) in [5, 5.41) is 13.2. The minimum Gasteiger partial charge on any atom is -0.358 e. The van der Waals surface area contributed by atoms with Crippen molar-refractivity contribution >= 4 is 75.9 Å². The summed E-state index contributed by atoms with van der Waals surface area (Å²) in [6, 6.07) is 51.0. The van der Waals surface area contributed by atoms with Crippen LogP contribution in [0.4, 0.5) is 0 Å². The maximum atomic E-state index is 4.64. The van der Waals surface area contributed by atoms with Gasteiger partial charge in [0.2, 0.25) is 11.0 Å². The standard InChI is InChI=1S/C16H14N2.C15H14N.C14H11N.C12H14N2.4CH4.CH3.V/c1-17-7-11-3-5-13-9-18(2)10-14-6-4-12(8-17)15(11)16(13)14;1-11-12-7-3-5-9-14(12)16(2)15-10-6-4-8-13(11)15;1-10-11-6-2-4-8-13(11)15-14-9-5-3-7-12(10)14;1-13-7-3-11(4-8-13)12-5-9-14(2)10-6-12;;;;;;/h3-10H,1-2H3;3-10H,1-2H3;2-9H,1H3;3-10H,1-2H3;4*1H4;1H3;/q+2;+1;;+2;;;;;-1;+2. The third-order valence-electron chi connectivity index (χ3n) is 12.1. The van der Waals surface area contributed by atoms with E-state index < -0.39 is 0 Å². The van der Waals surface area contributed by atoms with Crippen LogP contribution in [0.5, 0.6) is 0 Å². The predicted octanol–water partition coefficient (Wildman–Crippen LogP) is 13.1. The minimum atomic E-state index is 0. The van der Waals surface area contributed by atoms with Gasteiger partial charge in [0, 0.05) is 90.3 Å². The Hall–Kier alpha value is -7.12. The molecule has 6 aromatic carbocycles. The molecule has 0 N–H and O–H groups in total. The second-order valence-electron chi connectivity index (χ2n) is 16.6. The molecule has 12 rings (SSSR count). The van der Waals surface area contributed by atoms with Crippen LogP contribution < -0.4 is 22.8 Å². The molecule has 0 saturated carbocycles. The molecule has 349 valence electrons. The fourth-order valence-corrected chi connectivity index (χ4v) is 8.87. The van der Waals surface area contributed by atoms with Crippen LogP contribution >= 0.6 is 0 Å². The molecule has 6 heterocycles. The molecule has 0 fully saturated rings. The maximum Gasteiger partial charge on any atom is 2.00 e. The van der Waals surface area contributed by atoms with Crippen molar-refractivity contribution in [3.8, 4) is 11.1 Å². The molecular weight excluding hydrogens is 880 g/mol. The molecule has 0 bridgehead atoms. The van der Waals surface area contributed by atoms with E-state index in [0.717, 1.165) is 11.0 Å². The summed E-state index contributed by atoms with van der Waals surface area (Å²) in [5.41, 5.74) is 9.92. The first-order chi connectivity index (χ1) is 30.6. The maximum absolute atomic E-state index is 4.64. The van der Waals surface area contributed by atoms with Crippen LogP contribution in [0.3, 0.4) is 0 Å². The van der Waals surface area contributed by atoms with E-state index in [2.05, 4.69) is 237 Å². The average molecular weight is 952 g/mol. The molecule has 0 aliphatic carbocycles. The Morgan fingerprint density at radius 1 is 0.348 bits per heavy atom. The summed E-state index contributed by atoms with van der Waals surface area (Å²) in [4.78, 5) is 4.64. The first-order valence-electron chi connectivity index (χ1n) is 21.5. The van der Waals surface area contributed by atoms with Crippen LogP contribution in [-0.2, 0) is 53.8 Å². The third kappa shape index (κ3) is 11.6. The summed E-state index contributed by atoms with van der Waals surface area (Å²) < 4.78 is 10.6. The molecule has 0 aliphatic heterocycles. The van der Waals surface area contributed by atoms with Crippen molar-refractivity contribution in [1.82, 2.24) is 4.98 Å². The number of pyridine rings is 6. The number of benzene rings is 6. The van der Waals surface area contributed by atoms with Crippen molar-refractivity contribution in [2.45, 2.75) is 43.6 Å². The molecule has 0 saturated heterocycles. The Balaban J connectivity index is 0.000000238. The second kappa shape index (κ2) is 24.3. The Morgan fingerprint density at radius 2 is 0.638 bits per heavy atom. The van der Waals surface area contributed by atoms with Crippen LogP contribution in [0.1, 0.15) is 40.8 Å². The fraction of sp³-hybridized carbons (Fsp3) is 0.177. The zero-order chi connectivity index (χ0) is 43.6. The van der Waals surface area contributed by atoms with E-state index in [-0.39, 0.29) is 55.7 Å². The number of fused-ring (bicyclic) bond motifs is 4. The number of nitrogens with zero attached hydrogens (tertiary/aromatic N) is 6. The van der Waals surface area contributed by atoms with Gasteiger partial charge in [-0.05, 0) is 84.6 Å². The SMILES string of the molecule is C.C.C.C.C[n+]1cc2ccc3c[n+](C)cc4ccc(c1)c2c34.C[n+]1ccc(-c2cc[n+](C)cc2)cc1.Cc1c2ccccc2[n+](C)c2ccccc12.Cc1c2ccccc2nc2ccccc12.[CH3-].[V+2]. The Labute approximate surface area is 423 Å². The van der Waals surface area contributed by atoms with Gasteiger partial charge in [-0.1, -0.05) is 90.4 Å². The van der Waals surface area contributed by atoms with E-state index in [1.54, 1.807) is 0 Å². The van der Waals surface area contributed by atoms with E-state index in [4.69, 9.17) is 0 Å². The first-order valence-corrected chi connectivity index (χ1v) is 21.5. The van der Waals surface area contributed by atoms with Crippen LogP contribution in [0.25, 0.3) is 87.1 Å². The number of hydrogen-bond donors (Lipinski definition) is 0. The van der Waals surface area contributed by atoms with Gasteiger partial charge in [-0.25, -0.2) is 23.3 Å². The van der Waals surface area contributed by atoms with E-state index in [9.17, 15) is 0 Å². The zero-order valence-corrected chi connectivity index (χ0v) is 40.0. The summed E-state index contributed by atoms with van der Waals surface area (Å²) >= 11 is 0. The molecule has 0 aliphatic rings. The van der Waals surface area contributed by atoms with Gasteiger partial charge in [0.25, 0.3) is 0 Å². The molecular formula is C62H72N6V+6. The van der Waals surface area contributed by atoms with Crippen LogP contribution in [-0.4, -0.2) is 4.98 Å². The fourth-order valence-electron chi connectivity index (χ4n) is 8.87. The monoisotopic (exact) mass is 952 g/mol. The molecule has 12 aromatic rings. The van der Waals surface area contributed by atoms with Crippen molar-refractivity contribution in [2.75, 3.05) is 0 Å². The molecule has 0 spiro atoms. The summed E-state index contributed by atoms with van der Waals surface area (Å²) in [5.74, 6) is 0. The minimum absolute atomic E-state index is 0. The summed E-state index contributed by atoms with van der Waals surface area (Å²) in [6.07, 6.45) is 17.0. The van der Waals surface area contributed by atoms with Crippen LogP contribution in [0.2, 0.25) is 0 Å². The van der Waals surface area contributed by atoms with Gasteiger partial charge in [-0.15, -0.1) is 0 Å². The quantitative estimate of drug-likeness (QED) is 0.0698. The number of hydrogen-bond acceptors (Lipinski definition) is 1. The number of para-hydroxylation sites is 4. The number of aromatic nitrogens is 6. The van der Waals surface area contributed by atoms with E-state index in [0.29, 0.717) is 0 Å². The molecule has 1 radical (unpaired) electrons. The van der Waals surface area contributed by atoms with Gasteiger partial charge < -0.3 is 7.43 Å². The molecule has 0 amide bonds. The van der Waals surface area contributed by atoms with Crippen molar-refractivity contribution in [1.29, 1.82) is 0 Å². The van der Waals surface area contributed by atoms with E-state index in [1.807, 2.05) is 35.4 Å². The van der Waals surface area contributed by atoms with Crippen LogP contribution in [0, 0.1) is 21.3 Å². The average Bonchev–Trinajstić information content (AvgIpc) is 3.31. The normalized spacial score (nSPS) is 10.1. The van der Waals surface area contributed by atoms with Gasteiger partial charge in [0.1, 0.15) is 35.2 Å². The topological polar surface area (TPSA) is 32.3 Å². The van der Waals surface area contributed by atoms with Gasteiger partial charge in [0.05, 0.1) is 11.0 Å². The van der Waals surface area contributed by atoms with E-state index in [1.165, 1.54) is 87.1 Å². The Bertz CT molecular complexity index is 3230. The van der Waals surface area contributed by atoms with Gasteiger partial charge in [0.15, 0.2) is 49.6 Å². The van der Waals surface area contributed by atoms with Gasteiger partial charge in [-0.2, -0.15) is 4.57 Å². The van der Waals surface area contributed by atoms with Crippen molar-refractivity contribution < 1.29 is 41.4 Å². The molecule has 6 nitrogen and oxygen atoms in total. The first kappa shape index (κ1) is 56.2. The van der Waals surface area contributed by atoms with Gasteiger partial charge >= 0.3 is 18.6 Å². The van der Waals surface area contributed by atoms with Crippen molar-refractivity contribution in [3.63, 3.8) is 0 Å². The Kier molecular flexibility index (Phi) is 19.8. The van der Waals surface area contributed by atoms with Crippen molar-refractivity contribution in [2.24, 2.45) is 35.2 Å². The molecule has 0 atom stereocenters. The van der Waals surface area contributed by atoms with Crippen LogP contribution in [0.15, 0.2) is 195 Å². The summed E-state index contributed by atoms with van der Waals surface area (Å²) in [7, 11) is 10.3. The summed E-state index contributed by atoms with van der Waals surface area (Å²) in [6.45, 7) is 4.36. The predicted molar refractivity (Wildman–Crippen MR) is 291 cm³/mol. The zero-order valence-electron chi connectivity index (χ0n) is 38.6. The van der Waals surface area contributed by atoms with Gasteiger partial charge in [-0.3, -0.25) is 0 Å².